The van der Waals surface area contributed by atoms with E-state index in [2.05, 4.69) is 5.32 Å². The van der Waals surface area contributed by atoms with Gasteiger partial charge in [0.1, 0.15) is 12.6 Å². The molecule has 3 aromatic rings. The summed E-state index contributed by atoms with van der Waals surface area (Å²) in [5, 5.41) is 3.10. The molecule has 0 spiro atoms. The minimum atomic E-state index is -4.98. The summed E-state index contributed by atoms with van der Waals surface area (Å²) in [4.78, 5) is 13.0. The molecule has 0 saturated carbocycles. The molecule has 0 amide bonds. The summed E-state index contributed by atoms with van der Waals surface area (Å²) in [5.74, 6) is -1.21. The monoisotopic (exact) mass is 479 g/mol. The Labute approximate surface area is 191 Å². The number of carbonyl (C=O) groups is 1. The molecule has 9 heteroatoms. The van der Waals surface area contributed by atoms with Gasteiger partial charge in [-0.1, -0.05) is 54.6 Å². The Morgan fingerprint density at radius 1 is 0.853 bits per heavy atom. The third-order valence-corrected chi connectivity index (χ3v) is 5.68. The second-order valence-corrected chi connectivity index (χ2v) is 7.97. The lowest BCUT2D eigenvalue weighted by Gasteiger charge is -2.33. The van der Waals surface area contributed by atoms with Gasteiger partial charge in [0.2, 0.25) is 0 Å². The Hall–Kier alpha value is -3.33. The van der Waals surface area contributed by atoms with Crippen molar-refractivity contribution < 1.29 is 35.9 Å². The molecule has 3 nitrogen and oxygen atoms in total. The van der Waals surface area contributed by atoms with Crippen LogP contribution in [0.3, 0.4) is 0 Å². The van der Waals surface area contributed by atoms with E-state index in [9.17, 15) is 31.1 Å². The lowest BCUT2D eigenvalue weighted by Crippen LogP contribution is -2.46. The molecule has 34 heavy (non-hydrogen) atoms. The van der Waals surface area contributed by atoms with Crippen molar-refractivity contribution in [1.82, 2.24) is 5.32 Å². The summed E-state index contributed by atoms with van der Waals surface area (Å²) in [5.41, 5.74) is -0.619. The molecular weight excluding hydrogens is 460 g/mol. The fourth-order valence-corrected chi connectivity index (χ4v) is 4.11. The fraction of sp³-hybridized carbons (Fsp3) is 0.240. The van der Waals surface area contributed by atoms with Gasteiger partial charge in [0.15, 0.2) is 0 Å². The van der Waals surface area contributed by atoms with Crippen LogP contribution in [-0.2, 0) is 35.0 Å². The summed E-state index contributed by atoms with van der Waals surface area (Å²) in [6, 6.07) is 16.9. The van der Waals surface area contributed by atoms with Crippen LogP contribution < -0.4 is 5.32 Å². The maximum atomic E-state index is 13.1. The number of ether oxygens (including phenoxy) is 1. The summed E-state index contributed by atoms with van der Waals surface area (Å²) in [6.45, 7) is -0.367. The van der Waals surface area contributed by atoms with Crippen molar-refractivity contribution in [3.8, 4) is 0 Å². The number of benzene rings is 3. The molecule has 2 unspecified atom stereocenters. The summed E-state index contributed by atoms with van der Waals surface area (Å²) in [6.07, 6.45) is -9.96. The Bertz CT molecular complexity index is 1140. The van der Waals surface area contributed by atoms with Crippen LogP contribution in [0.2, 0.25) is 0 Å². The van der Waals surface area contributed by atoms with Crippen LogP contribution in [0.15, 0.2) is 72.8 Å². The van der Waals surface area contributed by atoms with Crippen molar-refractivity contribution in [1.29, 1.82) is 0 Å². The number of esters is 1. The number of carbonyl (C=O) groups excluding carboxylic acids is 1. The van der Waals surface area contributed by atoms with E-state index in [-0.39, 0.29) is 6.07 Å². The molecule has 0 saturated heterocycles. The van der Waals surface area contributed by atoms with Gasteiger partial charge in [-0.15, -0.1) is 0 Å². The molecule has 1 aliphatic heterocycles. The molecule has 0 bridgehead atoms. The third-order valence-electron chi connectivity index (χ3n) is 5.68. The highest BCUT2D eigenvalue weighted by Crippen LogP contribution is 2.37. The highest BCUT2D eigenvalue weighted by Gasteiger charge is 2.38. The Balaban J connectivity index is 1.60. The zero-order chi connectivity index (χ0) is 24.5. The first-order valence-electron chi connectivity index (χ1n) is 10.3. The SMILES string of the molecule is O=C(OCc1cc(C(F)(F)F)cc(C(F)(F)F)c1)C1NCc2ccccc2C1c1ccccc1. The molecule has 2 atom stereocenters. The van der Waals surface area contributed by atoms with Crippen LogP contribution in [-0.4, -0.2) is 12.0 Å². The van der Waals surface area contributed by atoms with E-state index in [1.165, 1.54) is 0 Å². The van der Waals surface area contributed by atoms with Gasteiger partial charge >= 0.3 is 18.3 Å². The number of halogens is 6. The normalized spacial score (nSPS) is 18.3. The van der Waals surface area contributed by atoms with Crippen molar-refractivity contribution >= 4 is 5.97 Å². The van der Waals surface area contributed by atoms with Gasteiger partial charge in [-0.05, 0) is 40.5 Å². The van der Waals surface area contributed by atoms with E-state index in [1.54, 1.807) is 0 Å². The highest BCUT2D eigenvalue weighted by molar-refractivity contribution is 5.79. The third kappa shape index (κ3) is 5.09. The maximum absolute atomic E-state index is 13.1. The van der Waals surface area contributed by atoms with Crippen LogP contribution in [0.4, 0.5) is 26.3 Å². The van der Waals surface area contributed by atoms with Gasteiger partial charge in [0.05, 0.1) is 11.1 Å². The quantitative estimate of drug-likeness (QED) is 0.365. The van der Waals surface area contributed by atoms with Crippen molar-refractivity contribution in [3.05, 3.63) is 106 Å². The Morgan fingerprint density at radius 3 is 2.06 bits per heavy atom. The first-order chi connectivity index (χ1) is 16.0. The van der Waals surface area contributed by atoms with Gasteiger partial charge in [-0.3, -0.25) is 10.1 Å². The first-order valence-corrected chi connectivity index (χ1v) is 10.3. The molecule has 0 fully saturated rings. The number of rotatable bonds is 4. The molecule has 1 heterocycles. The minimum Gasteiger partial charge on any atom is -0.460 e. The Morgan fingerprint density at radius 2 is 1.44 bits per heavy atom. The topological polar surface area (TPSA) is 38.3 Å². The van der Waals surface area contributed by atoms with Crippen LogP contribution in [0.5, 0.6) is 0 Å². The number of fused-ring (bicyclic) bond motifs is 1. The molecule has 1 aliphatic rings. The van der Waals surface area contributed by atoms with E-state index in [1.807, 2.05) is 54.6 Å². The van der Waals surface area contributed by atoms with Gasteiger partial charge in [-0.25, -0.2) is 0 Å². The zero-order valence-corrected chi connectivity index (χ0v) is 17.6. The van der Waals surface area contributed by atoms with Crippen molar-refractivity contribution in [2.24, 2.45) is 0 Å². The zero-order valence-electron chi connectivity index (χ0n) is 17.6. The lowest BCUT2D eigenvalue weighted by molar-refractivity contribution is -0.148. The summed E-state index contributed by atoms with van der Waals surface area (Å²) in [7, 11) is 0. The van der Waals surface area contributed by atoms with Gasteiger partial charge in [0, 0.05) is 12.5 Å². The average molecular weight is 479 g/mol. The summed E-state index contributed by atoms with van der Waals surface area (Å²) >= 11 is 0. The molecular formula is C25H19F6NO2. The van der Waals surface area contributed by atoms with Gasteiger partial charge in [0.25, 0.3) is 0 Å². The fourth-order valence-electron chi connectivity index (χ4n) is 4.11. The second-order valence-electron chi connectivity index (χ2n) is 7.97. The van der Waals surface area contributed by atoms with Crippen LogP contribution in [0, 0.1) is 0 Å². The predicted octanol–water partition coefficient (Wildman–Crippen LogP) is 6.07. The molecule has 178 valence electrons. The van der Waals surface area contributed by atoms with E-state index in [4.69, 9.17) is 4.74 Å². The number of alkyl halides is 6. The van der Waals surface area contributed by atoms with Gasteiger partial charge < -0.3 is 4.74 Å². The first kappa shape index (κ1) is 23.8. The molecule has 0 aliphatic carbocycles. The van der Waals surface area contributed by atoms with Crippen LogP contribution in [0.1, 0.15) is 39.3 Å². The van der Waals surface area contributed by atoms with Crippen LogP contribution in [0.25, 0.3) is 0 Å². The maximum Gasteiger partial charge on any atom is 0.416 e. The number of hydrogen-bond acceptors (Lipinski definition) is 3. The smallest absolute Gasteiger partial charge is 0.416 e. The largest absolute Gasteiger partial charge is 0.460 e. The predicted molar refractivity (Wildman–Crippen MR) is 112 cm³/mol. The standard InChI is InChI=1S/C25H19F6NO2/c26-24(27,28)18-10-15(11-19(12-18)25(29,30)31)14-34-23(33)22-21(16-6-2-1-3-7-16)20-9-5-4-8-17(20)13-32-22/h1-12,21-22,32H,13-14H2. The molecule has 0 aromatic heterocycles. The van der Waals surface area contributed by atoms with Crippen molar-refractivity contribution in [2.45, 2.75) is 37.5 Å². The van der Waals surface area contributed by atoms with E-state index < -0.39 is 53.6 Å². The van der Waals surface area contributed by atoms with E-state index in [0.29, 0.717) is 18.7 Å². The number of hydrogen-bond donors (Lipinski definition) is 1. The lowest BCUT2D eigenvalue weighted by atomic mass is 9.80. The Kier molecular flexibility index (Phi) is 6.40. The van der Waals surface area contributed by atoms with Crippen molar-refractivity contribution in [3.63, 3.8) is 0 Å². The molecule has 4 rings (SSSR count). The average Bonchev–Trinajstić information content (AvgIpc) is 2.81. The highest BCUT2D eigenvalue weighted by atomic mass is 19.4. The summed E-state index contributed by atoms with van der Waals surface area (Å²) < 4.78 is 84.0. The van der Waals surface area contributed by atoms with Crippen LogP contribution >= 0.6 is 0 Å². The van der Waals surface area contributed by atoms with Crippen molar-refractivity contribution in [2.75, 3.05) is 0 Å². The second kappa shape index (κ2) is 9.13. The van der Waals surface area contributed by atoms with E-state index >= 15 is 0 Å². The molecule has 1 N–H and O–H groups in total. The molecule has 3 aromatic carbocycles. The molecule has 0 radical (unpaired) electrons. The minimum absolute atomic E-state index is 0.0381. The van der Waals surface area contributed by atoms with Gasteiger partial charge in [-0.2, -0.15) is 26.3 Å². The van der Waals surface area contributed by atoms with E-state index in [0.717, 1.165) is 16.7 Å². The number of nitrogens with one attached hydrogen (secondary N) is 1.